The molecule has 70 valence electrons. The lowest BCUT2D eigenvalue weighted by atomic mass is 10.1. The zero-order valence-electron chi connectivity index (χ0n) is 7.11. The molecule has 0 heterocycles. The zero-order valence-corrected chi connectivity index (χ0v) is 7.11. The number of hydrogen-bond acceptors (Lipinski definition) is 6. The van der Waals surface area contributed by atoms with Crippen molar-refractivity contribution in [2.24, 2.45) is 22.5 Å². The maximum Gasteiger partial charge on any atom is 0.537 e. The van der Waals surface area contributed by atoms with Gasteiger partial charge in [0.2, 0.25) is 5.85 Å². The van der Waals surface area contributed by atoms with Crippen LogP contribution in [0.1, 0.15) is 13.8 Å². The minimum absolute atomic E-state index is 0.227. The first kappa shape index (κ1) is 10.9. The lowest BCUT2D eigenvalue weighted by Gasteiger charge is -2.26. The second kappa shape index (κ2) is 4.03. The molecule has 0 fully saturated rings. The number of ether oxygens (including phenoxy) is 1. The first-order valence-corrected chi connectivity index (χ1v) is 3.34. The van der Waals surface area contributed by atoms with Crippen LogP contribution < -0.4 is 11.5 Å². The van der Waals surface area contributed by atoms with Gasteiger partial charge in [0.15, 0.2) is 0 Å². The van der Waals surface area contributed by atoms with Gasteiger partial charge in [0.25, 0.3) is 0 Å². The Morgan fingerprint density at radius 3 is 2.42 bits per heavy atom. The fourth-order valence-electron chi connectivity index (χ4n) is 0.334. The Hall–Kier alpha value is -1.14. The van der Waals surface area contributed by atoms with Crippen molar-refractivity contribution < 1.29 is 14.4 Å². The van der Waals surface area contributed by atoms with Crippen LogP contribution >= 0.6 is 0 Å². The normalized spacial score (nSPS) is 11.1. The Balaban J connectivity index is 4.05. The maximum atomic E-state index is 10.6. The van der Waals surface area contributed by atoms with Gasteiger partial charge in [0.05, 0.1) is 0 Å². The third-order valence-electron chi connectivity index (χ3n) is 1.30. The predicted octanol–water partition coefficient (Wildman–Crippen LogP) is -0.0176. The van der Waals surface area contributed by atoms with Gasteiger partial charge in [-0.2, -0.15) is 0 Å². The number of nitrogens with two attached hydrogens (primary N) is 2. The summed E-state index contributed by atoms with van der Waals surface area (Å²) in [5, 5.41) is 2.84. The van der Waals surface area contributed by atoms with Crippen LogP contribution in [0.15, 0.2) is 5.16 Å². The minimum atomic E-state index is -1.54. The number of oxime groups is 1. The van der Waals surface area contributed by atoms with E-state index in [1.54, 1.807) is 13.8 Å². The lowest BCUT2D eigenvalue weighted by Crippen LogP contribution is -2.57. The second-order valence-corrected chi connectivity index (χ2v) is 2.58. The van der Waals surface area contributed by atoms with Gasteiger partial charge in [-0.25, -0.2) is 4.79 Å². The summed E-state index contributed by atoms with van der Waals surface area (Å²) in [6.45, 7) is 6.33. The van der Waals surface area contributed by atoms with Crippen LogP contribution in [0.5, 0.6) is 0 Å². The van der Waals surface area contributed by atoms with Crippen LogP contribution in [-0.4, -0.2) is 18.7 Å². The standard InChI is InChI=1S/C6H13N3O3/c1-4(2)6(7,8)11-5(10)12-9-3/h4H,3,7-8H2,1-2H3. The highest BCUT2D eigenvalue weighted by molar-refractivity contribution is 5.60. The molecule has 6 heteroatoms. The van der Waals surface area contributed by atoms with Gasteiger partial charge < -0.3 is 4.74 Å². The quantitative estimate of drug-likeness (QED) is 0.206. The lowest BCUT2D eigenvalue weighted by molar-refractivity contribution is -0.0535. The number of nitrogens with zero attached hydrogens (tertiary/aromatic N) is 1. The van der Waals surface area contributed by atoms with Gasteiger partial charge in [0, 0.05) is 12.6 Å². The zero-order chi connectivity index (χ0) is 9.78. The summed E-state index contributed by atoms with van der Waals surface area (Å²) in [5.41, 5.74) is 10.8. The summed E-state index contributed by atoms with van der Waals surface area (Å²) in [5.74, 6) is -1.77. The molecule has 0 radical (unpaired) electrons. The van der Waals surface area contributed by atoms with E-state index >= 15 is 0 Å². The summed E-state index contributed by atoms with van der Waals surface area (Å²) in [6, 6.07) is 0. The Morgan fingerprint density at radius 2 is 2.08 bits per heavy atom. The highest BCUT2D eigenvalue weighted by atomic mass is 16.8. The van der Waals surface area contributed by atoms with Gasteiger partial charge in [-0.1, -0.05) is 19.0 Å². The van der Waals surface area contributed by atoms with E-state index in [0.29, 0.717) is 0 Å². The molecule has 0 aliphatic rings. The second-order valence-electron chi connectivity index (χ2n) is 2.58. The fourth-order valence-corrected chi connectivity index (χ4v) is 0.334. The maximum absolute atomic E-state index is 10.6. The molecule has 0 atom stereocenters. The molecule has 0 aromatic carbocycles. The molecular formula is C6H13N3O3. The molecule has 0 aromatic heterocycles. The number of carbonyl (C=O) groups excluding carboxylic acids is 1. The van der Waals surface area contributed by atoms with Crippen molar-refractivity contribution >= 4 is 12.9 Å². The van der Waals surface area contributed by atoms with E-state index in [1.165, 1.54) is 0 Å². The van der Waals surface area contributed by atoms with Gasteiger partial charge in [-0.15, -0.1) is 0 Å². The average Bonchev–Trinajstić information content (AvgIpc) is 1.85. The Bertz CT molecular complexity index is 179. The van der Waals surface area contributed by atoms with Gasteiger partial charge in [-0.05, 0) is 0 Å². The van der Waals surface area contributed by atoms with Crippen LogP contribution in [0.4, 0.5) is 4.79 Å². The summed E-state index contributed by atoms with van der Waals surface area (Å²) in [7, 11) is 0. The molecule has 0 spiro atoms. The monoisotopic (exact) mass is 175 g/mol. The predicted molar refractivity (Wildman–Crippen MR) is 43.1 cm³/mol. The molecule has 6 nitrogen and oxygen atoms in total. The smallest absolute Gasteiger partial charge is 0.397 e. The molecular weight excluding hydrogens is 162 g/mol. The van der Waals surface area contributed by atoms with E-state index < -0.39 is 12.0 Å². The summed E-state index contributed by atoms with van der Waals surface area (Å²) in [4.78, 5) is 14.6. The molecule has 0 bridgehead atoms. The molecule has 0 aromatic rings. The van der Waals surface area contributed by atoms with Crippen molar-refractivity contribution in [3.63, 3.8) is 0 Å². The van der Waals surface area contributed by atoms with E-state index in [4.69, 9.17) is 11.5 Å². The summed E-state index contributed by atoms with van der Waals surface area (Å²) >= 11 is 0. The van der Waals surface area contributed by atoms with Gasteiger partial charge in [-0.3, -0.25) is 16.3 Å². The van der Waals surface area contributed by atoms with E-state index in [2.05, 4.69) is 21.4 Å². The van der Waals surface area contributed by atoms with E-state index in [9.17, 15) is 4.79 Å². The van der Waals surface area contributed by atoms with Crippen LogP contribution in [0.2, 0.25) is 0 Å². The largest absolute Gasteiger partial charge is 0.537 e. The van der Waals surface area contributed by atoms with Crippen LogP contribution in [-0.2, 0) is 9.57 Å². The van der Waals surface area contributed by atoms with Crippen molar-refractivity contribution in [2.75, 3.05) is 0 Å². The van der Waals surface area contributed by atoms with Crippen molar-refractivity contribution in [3.8, 4) is 0 Å². The minimum Gasteiger partial charge on any atom is -0.397 e. The molecule has 0 aliphatic heterocycles. The summed E-state index contributed by atoms with van der Waals surface area (Å²) in [6.07, 6.45) is -1.07. The summed E-state index contributed by atoms with van der Waals surface area (Å²) < 4.78 is 4.50. The first-order chi connectivity index (χ1) is 5.40. The Kier molecular flexibility index (Phi) is 3.65. The third kappa shape index (κ3) is 3.31. The number of carbonyl (C=O) groups is 1. The molecule has 4 N–H and O–H groups in total. The average molecular weight is 175 g/mol. The van der Waals surface area contributed by atoms with Crippen LogP contribution in [0, 0.1) is 5.92 Å². The van der Waals surface area contributed by atoms with E-state index in [0.717, 1.165) is 0 Å². The molecule has 0 amide bonds. The molecule has 0 saturated carbocycles. The van der Waals surface area contributed by atoms with Gasteiger partial charge in [0.1, 0.15) is 0 Å². The highest BCUT2D eigenvalue weighted by Crippen LogP contribution is 2.09. The molecule has 0 unspecified atom stereocenters. The highest BCUT2D eigenvalue weighted by Gasteiger charge is 2.29. The number of rotatable bonds is 3. The molecule has 0 aliphatic carbocycles. The molecule has 12 heavy (non-hydrogen) atoms. The van der Waals surface area contributed by atoms with E-state index in [-0.39, 0.29) is 5.92 Å². The molecule has 0 saturated heterocycles. The van der Waals surface area contributed by atoms with Crippen LogP contribution in [0.25, 0.3) is 0 Å². The topological polar surface area (TPSA) is 99.9 Å². The van der Waals surface area contributed by atoms with Crippen molar-refractivity contribution in [3.05, 3.63) is 0 Å². The van der Waals surface area contributed by atoms with Gasteiger partial charge >= 0.3 is 6.16 Å². The van der Waals surface area contributed by atoms with Crippen molar-refractivity contribution in [1.82, 2.24) is 0 Å². The first-order valence-electron chi connectivity index (χ1n) is 3.34. The third-order valence-corrected chi connectivity index (χ3v) is 1.30. The molecule has 0 rings (SSSR count). The Labute approximate surface area is 70.5 Å². The SMILES string of the molecule is C=NOC(=O)OC(N)(N)C(C)C. The van der Waals surface area contributed by atoms with Crippen LogP contribution in [0.3, 0.4) is 0 Å². The van der Waals surface area contributed by atoms with Crippen molar-refractivity contribution in [2.45, 2.75) is 19.7 Å². The fraction of sp³-hybridized carbons (Fsp3) is 0.667. The Morgan fingerprint density at radius 1 is 1.58 bits per heavy atom. The van der Waals surface area contributed by atoms with E-state index in [1.807, 2.05) is 0 Å². The van der Waals surface area contributed by atoms with Crippen molar-refractivity contribution in [1.29, 1.82) is 0 Å². The number of hydrogen-bond donors (Lipinski definition) is 2.